The number of ether oxygens (including phenoxy) is 3. The van der Waals surface area contributed by atoms with Gasteiger partial charge in [-0.2, -0.15) is 0 Å². The Morgan fingerprint density at radius 2 is 1.40 bits per heavy atom. The van der Waals surface area contributed by atoms with E-state index in [0.29, 0.717) is 32.8 Å². The molecule has 0 radical (unpaired) electrons. The highest BCUT2D eigenvalue weighted by atomic mass is 16.5. The van der Waals surface area contributed by atoms with Crippen molar-refractivity contribution in [1.29, 1.82) is 0 Å². The molecular weight excluding hydrogens is 540 g/mol. The van der Waals surface area contributed by atoms with E-state index in [9.17, 15) is 5.11 Å². The summed E-state index contributed by atoms with van der Waals surface area (Å²) in [6.07, 6.45) is -0.220. The Morgan fingerprint density at radius 3 is 1.98 bits per heavy atom. The van der Waals surface area contributed by atoms with Gasteiger partial charge in [0.2, 0.25) is 0 Å². The summed E-state index contributed by atoms with van der Waals surface area (Å²) in [7, 11) is 1.68. The number of aliphatic hydroxyl groups excluding tert-OH is 2. The number of nitrogens with zero attached hydrogens (tertiary/aromatic N) is 1. The number of methoxy groups -OCH3 is 1. The lowest BCUT2D eigenvalue weighted by Crippen LogP contribution is -2.49. The van der Waals surface area contributed by atoms with Crippen LogP contribution in [0.25, 0.3) is 11.1 Å². The van der Waals surface area contributed by atoms with Crippen LogP contribution in [-0.2, 0) is 26.3 Å². The first kappa shape index (κ1) is 30.6. The molecular formula is C36H42N2O5. The molecule has 7 heteroatoms. The monoisotopic (exact) mass is 582 g/mol. The minimum atomic E-state index is -0.220. The number of rotatable bonds is 14. The molecule has 0 unspecified atom stereocenters. The van der Waals surface area contributed by atoms with Crippen molar-refractivity contribution < 1.29 is 24.4 Å². The average molecular weight is 583 g/mol. The number of hydrogen-bond acceptors (Lipinski definition) is 7. The first-order valence-corrected chi connectivity index (χ1v) is 14.9. The maximum atomic E-state index is 9.58. The summed E-state index contributed by atoms with van der Waals surface area (Å²) in [4.78, 5) is 2.19. The SMILES string of the molecule is COc1cc(OCc2cccc(-c3cccc(COc4ccc(CNCCO)cc4)c3C)c2C)ccc1CN1CC(O)C1. The third-order valence-electron chi connectivity index (χ3n) is 8.10. The van der Waals surface area contributed by atoms with Gasteiger partial charge in [-0.25, -0.2) is 0 Å². The van der Waals surface area contributed by atoms with Crippen molar-refractivity contribution in [3.8, 4) is 28.4 Å². The fraction of sp³-hybridized carbons (Fsp3) is 0.333. The van der Waals surface area contributed by atoms with Crippen LogP contribution < -0.4 is 19.5 Å². The van der Waals surface area contributed by atoms with E-state index < -0.39 is 0 Å². The summed E-state index contributed by atoms with van der Waals surface area (Å²) in [5, 5.41) is 21.7. The molecule has 5 rings (SSSR count). The largest absolute Gasteiger partial charge is 0.496 e. The minimum Gasteiger partial charge on any atom is -0.496 e. The number of benzene rings is 4. The molecule has 7 nitrogen and oxygen atoms in total. The van der Waals surface area contributed by atoms with Crippen LogP contribution in [0.3, 0.4) is 0 Å². The van der Waals surface area contributed by atoms with Gasteiger partial charge in [-0.15, -0.1) is 0 Å². The maximum Gasteiger partial charge on any atom is 0.127 e. The van der Waals surface area contributed by atoms with Gasteiger partial charge in [-0.05, 0) is 71.0 Å². The zero-order valence-electron chi connectivity index (χ0n) is 25.3. The fourth-order valence-electron chi connectivity index (χ4n) is 5.46. The summed E-state index contributed by atoms with van der Waals surface area (Å²) in [5.74, 6) is 2.39. The highest BCUT2D eigenvalue weighted by Gasteiger charge is 2.25. The van der Waals surface area contributed by atoms with Crippen molar-refractivity contribution in [1.82, 2.24) is 10.2 Å². The van der Waals surface area contributed by atoms with Crippen molar-refractivity contribution >= 4 is 0 Å². The molecule has 1 heterocycles. The number of β-amino-alcohol motifs (C(OH)–C–C–N with tert-alkyl or cyclic N) is 1. The van der Waals surface area contributed by atoms with Gasteiger partial charge in [0.05, 0.1) is 19.8 Å². The van der Waals surface area contributed by atoms with E-state index in [1.165, 1.54) is 22.3 Å². The van der Waals surface area contributed by atoms with Gasteiger partial charge in [0, 0.05) is 44.4 Å². The number of likely N-dealkylation sites (tertiary alicyclic amines) is 1. The third-order valence-corrected chi connectivity index (χ3v) is 8.10. The second kappa shape index (κ2) is 14.5. The molecule has 1 aliphatic rings. The highest BCUT2D eigenvalue weighted by molar-refractivity contribution is 5.72. The van der Waals surface area contributed by atoms with Crippen LogP contribution in [-0.4, -0.2) is 54.6 Å². The molecule has 0 saturated carbocycles. The third kappa shape index (κ3) is 7.75. The zero-order chi connectivity index (χ0) is 30.2. The van der Waals surface area contributed by atoms with Crippen LogP contribution in [0.15, 0.2) is 78.9 Å². The van der Waals surface area contributed by atoms with Crippen LogP contribution >= 0.6 is 0 Å². The summed E-state index contributed by atoms with van der Waals surface area (Å²) >= 11 is 0. The fourth-order valence-corrected chi connectivity index (χ4v) is 5.46. The molecule has 3 N–H and O–H groups in total. The number of nitrogens with one attached hydrogen (secondary N) is 1. The van der Waals surface area contributed by atoms with E-state index in [1.54, 1.807) is 7.11 Å². The number of hydrogen-bond donors (Lipinski definition) is 3. The van der Waals surface area contributed by atoms with Crippen molar-refractivity contribution in [2.75, 3.05) is 33.4 Å². The second-order valence-electron chi connectivity index (χ2n) is 11.1. The van der Waals surface area contributed by atoms with Crippen LogP contribution in [0.2, 0.25) is 0 Å². The molecule has 0 spiro atoms. The Morgan fingerprint density at radius 1 is 0.791 bits per heavy atom. The van der Waals surface area contributed by atoms with E-state index in [0.717, 1.165) is 52.6 Å². The summed E-state index contributed by atoms with van der Waals surface area (Å²) in [6, 6.07) is 26.8. The molecule has 0 bridgehead atoms. The average Bonchev–Trinajstić information content (AvgIpc) is 3.01. The van der Waals surface area contributed by atoms with Gasteiger partial charge in [-0.3, -0.25) is 4.90 Å². The molecule has 43 heavy (non-hydrogen) atoms. The van der Waals surface area contributed by atoms with Gasteiger partial charge < -0.3 is 29.7 Å². The number of aliphatic hydroxyl groups is 2. The molecule has 1 fully saturated rings. The molecule has 4 aromatic rings. The Hall–Kier alpha value is -3.88. The zero-order valence-corrected chi connectivity index (χ0v) is 25.3. The minimum absolute atomic E-state index is 0.133. The topological polar surface area (TPSA) is 83.4 Å². The van der Waals surface area contributed by atoms with Crippen LogP contribution in [0, 0.1) is 13.8 Å². The van der Waals surface area contributed by atoms with E-state index in [2.05, 4.69) is 60.5 Å². The molecule has 1 saturated heterocycles. The molecule has 226 valence electrons. The molecule has 1 aliphatic heterocycles. The second-order valence-corrected chi connectivity index (χ2v) is 11.1. The molecule has 0 amide bonds. The molecule has 0 aliphatic carbocycles. The molecule has 4 aromatic carbocycles. The van der Waals surface area contributed by atoms with Crippen molar-refractivity contribution in [3.63, 3.8) is 0 Å². The highest BCUT2D eigenvalue weighted by Crippen LogP contribution is 2.32. The Balaban J connectivity index is 1.24. The molecule has 0 atom stereocenters. The van der Waals surface area contributed by atoms with Gasteiger partial charge in [0.1, 0.15) is 30.5 Å². The van der Waals surface area contributed by atoms with Gasteiger partial charge in [0.25, 0.3) is 0 Å². The van der Waals surface area contributed by atoms with Crippen molar-refractivity contribution in [2.45, 2.75) is 46.3 Å². The Bertz CT molecular complexity index is 1500. The maximum absolute atomic E-state index is 9.58. The van der Waals surface area contributed by atoms with Gasteiger partial charge in [-0.1, -0.05) is 54.6 Å². The smallest absolute Gasteiger partial charge is 0.127 e. The van der Waals surface area contributed by atoms with Crippen LogP contribution in [0.4, 0.5) is 0 Å². The van der Waals surface area contributed by atoms with Crippen molar-refractivity contribution in [2.24, 2.45) is 0 Å². The Kier molecular flexibility index (Phi) is 10.3. The first-order chi connectivity index (χ1) is 20.9. The van der Waals surface area contributed by atoms with E-state index in [-0.39, 0.29) is 12.7 Å². The van der Waals surface area contributed by atoms with Crippen molar-refractivity contribution in [3.05, 3.63) is 112 Å². The summed E-state index contributed by atoms with van der Waals surface area (Å²) in [5.41, 5.74) is 9.27. The molecule has 0 aromatic heterocycles. The van der Waals surface area contributed by atoms with E-state index >= 15 is 0 Å². The lowest BCUT2D eigenvalue weighted by molar-refractivity contribution is -0.00323. The van der Waals surface area contributed by atoms with E-state index in [4.69, 9.17) is 19.3 Å². The summed E-state index contributed by atoms with van der Waals surface area (Å²) < 4.78 is 18.0. The van der Waals surface area contributed by atoms with E-state index in [1.807, 2.05) is 42.5 Å². The quantitative estimate of drug-likeness (QED) is 0.172. The van der Waals surface area contributed by atoms with Gasteiger partial charge >= 0.3 is 0 Å². The lowest BCUT2D eigenvalue weighted by Gasteiger charge is -2.36. The predicted octanol–water partition coefficient (Wildman–Crippen LogP) is 5.40. The standard InChI is InChI=1S/C36H42N2O5/c1-25-29(23-42-32-13-10-27(11-14-32)19-37-16-17-39)6-4-8-34(25)35-9-5-7-30(26(35)2)24-43-33-15-12-28(36(18-33)41-3)20-38-21-31(40)22-38/h4-15,18,31,37,39-40H,16-17,19-24H2,1-3H3. The Labute approximate surface area is 254 Å². The lowest BCUT2D eigenvalue weighted by atomic mass is 9.92. The predicted molar refractivity (Wildman–Crippen MR) is 170 cm³/mol. The van der Waals surface area contributed by atoms with Crippen LogP contribution in [0.1, 0.15) is 33.4 Å². The van der Waals surface area contributed by atoms with Gasteiger partial charge in [0.15, 0.2) is 0 Å². The summed E-state index contributed by atoms with van der Waals surface area (Å²) in [6.45, 7) is 8.83. The normalized spacial score (nSPS) is 13.5. The first-order valence-electron chi connectivity index (χ1n) is 14.9. The van der Waals surface area contributed by atoms with Crippen LogP contribution in [0.5, 0.6) is 17.2 Å².